The average molecular weight is 386 g/mol. The van der Waals surface area contributed by atoms with Crippen molar-refractivity contribution in [2.45, 2.75) is 0 Å². The minimum absolute atomic E-state index is 0.944. The number of benzene rings is 3. The van der Waals surface area contributed by atoms with E-state index in [1.807, 2.05) is 35.3 Å². The molecule has 0 aliphatic carbocycles. The van der Waals surface area contributed by atoms with Crippen molar-refractivity contribution in [1.29, 1.82) is 0 Å². The average Bonchev–Trinajstić information content (AvgIpc) is 3.46. The van der Waals surface area contributed by atoms with Gasteiger partial charge in [0.25, 0.3) is 0 Å². The Labute approximate surface area is 173 Å². The van der Waals surface area contributed by atoms with Crippen molar-refractivity contribution in [2.75, 3.05) is 0 Å². The Balaban J connectivity index is 1.42. The Morgan fingerprint density at radius 2 is 1.27 bits per heavy atom. The SMILES string of the molecule is c1ccc2c(c1)c1ccccc1n2-c1ccc(-c2ccc(-n3cccn3)cn2)cc1. The van der Waals surface area contributed by atoms with E-state index >= 15 is 0 Å². The number of aromatic nitrogens is 4. The summed E-state index contributed by atoms with van der Waals surface area (Å²) in [5, 5.41) is 6.80. The summed E-state index contributed by atoms with van der Waals surface area (Å²) < 4.78 is 4.13. The van der Waals surface area contributed by atoms with E-state index in [0.717, 1.165) is 22.6 Å². The van der Waals surface area contributed by atoms with Crippen molar-refractivity contribution >= 4 is 21.8 Å². The highest BCUT2D eigenvalue weighted by atomic mass is 15.3. The number of rotatable bonds is 3. The predicted molar refractivity (Wildman–Crippen MR) is 121 cm³/mol. The van der Waals surface area contributed by atoms with Gasteiger partial charge in [0, 0.05) is 34.4 Å². The normalized spacial score (nSPS) is 11.3. The number of hydrogen-bond acceptors (Lipinski definition) is 2. The van der Waals surface area contributed by atoms with Crippen molar-refractivity contribution in [1.82, 2.24) is 19.3 Å². The lowest BCUT2D eigenvalue weighted by Gasteiger charge is -2.09. The summed E-state index contributed by atoms with van der Waals surface area (Å²) in [6.07, 6.45) is 5.53. The second-order valence-electron chi connectivity index (χ2n) is 7.27. The van der Waals surface area contributed by atoms with Crippen LogP contribution in [0.3, 0.4) is 0 Å². The van der Waals surface area contributed by atoms with Crippen LogP contribution < -0.4 is 0 Å². The van der Waals surface area contributed by atoms with Crippen LogP contribution in [0.1, 0.15) is 0 Å². The Hall–Kier alpha value is -4.18. The molecule has 3 heterocycles. The molecule has 0 N–H and O–H groups in total. The number of fused-ring (bicyclic) bond motifs is 3. The maximum absolute atomic E-state index is 4.63. The molecule has 0 atom stereocenters. The minimum Gasteiger partial charge on any atom is -0.309 e. The number of hydrogen-bond donors (Lipinski definition) is 0. The van der Waals surface area contributed by atoms with Gasteiger partial charge in [-0.25, -0.2) is 4.68 Å². The highest BCUT2D eigenvalue weighted by Gasteiger charge is 2.11. The van der Waals surface area contributed by atoms with Crippen molar-refractivity contribution in [3.63, 3.8) is 0 Å². The van der Waals surface area contributed by atoms with E-state index in [1.54, 1.807) is 6.20 Å². The Bertz CT molecular complexity index is 1400. The lowest BCUT2D eigenvalue weighted by molar-refractivity contribution is 0.874. The Morgan fingerprint density at radius 1 is 0.600 bits per heavy atom. The zero-order chi connectivity index (χ0) is 19.9. The fraction of sp³-hybridized carbons (Fsp3) is 0. The van der Waals surface area contributed by atoms with E-state index in [-0.39, 0.29) is 0 Å². The molecule has 0 saturated heterocycles. The molecule has 0 bridgehead atoms. The standard InChI is InChI=1S/C26H18N4/c1-3-8-25-22(6-1)23-7-2-4-9-26(23)30(25)20-12-10-19(11-13-20)24-15-14-21(18-27-24)29-17-5-16-28-29/h1-18H. The van der Waals surface area contributed by atoms with Crippen molar-refractivity contribution in [3.05, 3.63) is 110 Å². The molecule has 0 saturated carbocycles. The lowest BCUT2D eigenvalue weighted by Crippen LogP contribution is -1.96. The van der Waals surface area contributed by atoms with Gasteiger partial charge in [-0.05, 0) is 42.5 Å². The predicted octanol–water partition coefficient (Wildman–Crippen LogP) is 6.03. The third-order valence-electron chi connectivity index (χ3n) is 5.52. The van der Waals surface area contributed by atoms with Gasteiger partial charge >= 0.3 is 0 Å². The maximum atomic E-state index is 4.63. The van der Waals surface area contributed by atoms with Crippen molar-refractivity contribution in [3.8, 4) is 22.6 Å². The first-order valence-corrected chi connectivity index (χ1v) is 9.93. The van der Waals surface area contributed by atoms with Crippen LogP contribution in [0.25, 0.3) is 44.4 Å². The first kappa shape index (κ1) is 16.7. The fourth-order valence-electron chi connectivity index (χ4n) is 4.10. The van der Waals surface area contributed by atoms with Crippen LogP contribution in [0.15, 0.2) is 110 Å². The van der Waals surface area contributed by atoms with Gasteiger partial charge in [0.15, 0.2) is 0 Å². The van der Waals surface area contributed by atoms with Crippen molar-refractivity contribution in [2.24, 2.45) is 0 Å². The van der Waals surface area contributed by atoms with Gasteiger partial charge in [-0.1, -0.05) is 48.5 Å². The van der Waals surface area contributed by atoms with Crippen LogP contribution >= 0.6 is 0 Å². The third-order valence-corrected chi connectivity index (χ3v) is 5.52. The van der Waals surface area contributed by atoms with Crippen LogP contribution in [0.2, 0.25) is 0 Å². The van der Waals surface area contributed by atoms with Gasteiger partial charge in [0.1, 0.15) is 0 Å². The van der Waals surface area contributed by atoms with Crippen molar-refractivity contribution < 1.29 is 0 Å². The van der Waals surface area contributed by atoms with Gasteiger partial charge in [-0.3, -0.25) is 4.98 Å². The van der Waals surface area contributed by atoms with Gasteiger partial charge < -0.3 is 4.57 Å². The molecule has 4 nitrogen and oxygen atoms in total. The molecule has 0 radical (unpaired) electrons. The molecule has 0 aliphatic heterocycles. The van der Waals surface area contributed by atoms with Crippen LogP contribution in [0.5, 0.6) is 0 Å². The van der Waals surface area contributed by atoms with E-state index in [2.05, 4.69) is 87.4 Å². The van der Waals surface area contributed by atoms with Crippen LogP contribution in [-0.4, -0.2) is 19.3 Å². The van der Waals surface area contributed by atoms with Crippen LogP contribution in [0.4, 0.5) is 0 Å². The summed E-state index contributed by atoms with van der Waals surface area (Å²) in [7, 11) is 0. The summed E-state index contributed by atoms with van der Waals surface area (Å²) in [4.78, 5) is 4.63. The van der Waals surface area contributed by atoms with Gasteiger partial charge in [0.05, 0.1) is 28.6 Å². The summed E-state index contributed by atoms with van der Waals surface area (Å²) in [6.45, 7) is 0. The summed E-state index contributed by atoms with van der Waals surface area (Å²) in [5.41, 5.74) is 6.56. The Morgan fingerprint density at radius 3 is 1.87 bits per heavy atom. The van der Waals surface area contributed by atoms with Gasteiger partial charge in [-0.15, -0.1) is 0 Å². The molecule has 4 heteroatoms. The molecule has 6 rings (SSSR count). The molecule has 6 aromatic rings. The van der Waals surface area contributed by atoms with Crippen LogP contribution in [0, 0.1) is 0 Å². The molecule has 3 aromatic carbocycles. The smallest absolute Gasteiger partial charge is 0.0829 e. The van der Waals surface area contributed by atoms with Gasteiger partial charge in [0.2, 0.25) is 0 Å². The van der Waals surface area contributed by atoms with Crippen LogP contribution in [-0.2, 0) is 0 Å². The first-order chi connectivity index (χ1) is 14.9. The van der Waals surface area contributed by atoms with E-state index in [1.165, 1.54) is 21.8 Å². The molecule has 0 unspecified atom stereocenters. The number of para-hydroxylation sites is 2. The summed E-state index contributed by atoms with van der Waals surface area (Å²) in [6, 6.07) is 31.7. The van der Waals surface area contributed by atoms with E-state index in [0.29, 0.717) is 0 Å². The zero-order valence-corrected chi connectivity index (χ0v) is 16.2. The molecule has 3 aromatic heterocycles. The topological polar surface area (TPSA) is 35.6 Å². The maximum Gasteiger partial charge on any atom is 0.0829 e. The number of pyridine rings is 1. The quantitative estimate of drug-likeness (QED) is 0.372. The van der Waals surface area contributed by atoms with E-state index in [9.17, 15) is 0 Å². The first-order valence-electron chi connectivity index (χ1n) is 9.93. The van der Waals surface area contributed by atoms with E-state index in [4.69, 9.17) is 0 Å². The third kappa shape index (κ3) is 2.62. The highest BCUT2D eigenvalue weighted by molar-refractivity contribution is 6.09. The monoisotopic (exact) mass is 386 g/mol. The number of nitrogens with zero attached hydrogens (tertiary/aromatic N) is 4. The largest absolute Gasteiger partial charge is 0.309 e. The molecule has 0 spiro atoms. The molecular weight excluding hydrogens is 368 g/mol. The molecule has 0 fully saturated rings. The highest BCUT2D eigenvalue weighted by Crippen LogP contribution is 2.32. The molecular formula is C26H18N4. The second-order valence-corrected chi connectivity index (χ2v) is 7.27. The lowest BCUT2D eigenvalue weighted by atomic mass is 10.1. The molecule has 0 amide bonds. The second kappa shape index (κ2) is 6.71. The fourth-order valence-corrected chi connectivity index (χ4v) is 4.10. The Kier molecular flexibility index (Phi) is 3.74. The molecule has 142 valence electrons. The van der Waals surface area contributed by atoms with Gasteiger partial charge in [-0.2, -0.15) is 5.10 Å². The molecule has 0 aliphatic rings. The summed E-state index contributed by atoms with van der Waals surface area (Å²) in [5.74, 6) is 0. The van der Waals surface area contributed by atoms with E-state index < -0.39 is 0 Å². The minimum atomic E-state index is 0.944. The zero-order valence-electron chi connectivity index (χ0n) is 16.2. The summed E-state index contributed by atoms with van der Waals surface area (Å²) >= 11 is 0. The molecule has 30 heavy (non-hydrogen) atoms.